The number of pyridine rings is 2. The first-order chi connectivity index (χ1) is 18.7. The molecule has 0 unspecified atom stereocenters. The van der Waals surface area contributed by atoms with Crippen molar-refractivity contribution in [3.63, 3.8) is 0 Å². The van der Waals surface area contributed by atoms with Gasteiger partial charge in [-0.25, -0.2) is 18.9 Å². The Morgan fingerprint density at radius 2 is 2.08 bits per heavy atom. The predicted octanol–water partition coefficient (Wildman–Crippen LogP) is 3.77. The van der Waals surface area contributed by atoms with Crippen LogP contribution >= 0.6 is 22.9 Å². The van der Waals surface area contributed by atoms with Crippen LogP contribution in [0, 0.1) is 19.7 Å². The second kappa shape index (κ2) is 9.68. The van der Waals surface area contributed by atoms with Gasteiger partial charge in [0, 0.05) is 39.4 Å². The molecule has 4 aromatic rings. The summed E-state index contributed by atoms with van der Waals surface area (Å²) < 4.78 is 28.3. The number of carbonyl (C=O) groups excluding carboxylic acids is 1. The van der Waals surface area contributed by atoms with E-state index in [1.54, 1.807) is 41.8 Å². The number of aryl methyl sites for hydroxylation is 2. The lowest BCUT2D eigenvalue weighted by Crippen LogP contribution is -2.61. The molecule has 0 saturated carbocycles. The number of methoxy groups -OCH3 is 1. The highest BCUT2D eigenvalue weighted by Gasteiger charge is 2.40. The first-order valence-corrected chi connectivity index (χ1v) is 13.7. The maximum Gasteiger partial charge on any atom is 0.261 e. The van der Waals surface area contributed by atoms with Crippen molar-refractivity contribution >= 4 is 39.6 Å². The molecule has 0 aliphatic carbocycles. The molecule has 0 spiro atoms. The zero-order valence-corrected chi connectivity index (χ0v) is 23.5. The quantitative estimate of drug-likeness (QED) is 0.323. The lowest BCUT2D eigenvalue weighted by Gasteiger charge is -2.47. The number of halogens is 2. The molecule has 0 N–H and O–H groups in total. The molecular formula is C26H27ClFN7O3S. The van der Waals surface area contributed by atoms with Gasteiger partial charge in [-0.05, 0) is 44.5 Å². The van der Waals surface area contributed by atoms with Crippen LogP contribution in [0.25, 0.3) is 4.96 Å². The Morgan fingerprint density at radius 1 is 1.28 bits per heavy atom. The Kier molecular flexibility index (Phi) is 6.43. The van der Waals surface area contributed by atoms with Crippen LogP contribution in [0.5, 0.6) is 5.75 Å². The fourth-order valence-electron chi connectivity index (χ4n) is 5.12. The summed E-state index contributed by atoms with van der Waals surface area (Å²) in [6.07, 6.45) is 2.10. The van der Waals surface area contributed by atoms with E-state index in [-0.39, 0.29) is 29.0 Å². The number of hydrogen-bond acceptors (Lipinski definition) is 9. The zero-order chi connectivity index (χ0) is 27.5. The van der Waals surface area contributed by atoms with Gasteiger partial charge in [0.25, 0.3) is 5.91 Å². The van der Waals surface area contributed by atoms with E-state index in [1.807, 2.05) is 13.8 Å². The Morgan fingerprint density at radius 3 is 2.79 bits per heavy atom. The summed E-state index contributed by atoms with van der Waals surface area (Å²) in [6, 6.07) is 4.11. The number of hydrogen-bond donors (Lipinski definition) is 0. The third-order valence-corrected chi connectivity index (χ3v) is 8.27. The highest BCUT2D eigenvalue weighted by molar-refractivity contribution is 7.16. The fraction of sp³-hybridized carbons (Fsp3) is 0.423. The molecule has 4 aromatic heterocycles. The molecular weight excluding hydrogens is 545 g/mol. The van der Waals surface area contributed by atoms with E-state index in [2.05, 4.69) is 20.0 Å². The number of imidazole rings is 1. The van der Waals surface area contributed by atoms with Crippen LogP contribution in [-0.4, -0.2) is 74.3 Å². The maximum atomic E-state index is 15.3. The van der Waals surface area contributed by atoms with E-state index < -0.39 is 11.9 Å². The van der Waals surface area contributed by atoms with Crippen molar-refractivity contribution in [2.45, 2.75) is 38.8 Å². The molecule has 2 aliphatic rings. The second-order valence-electron chi connectivity index (χ2n) is 10.1. The standard InChI is InChI=1S/C26H27ClFN7O3S/c1-14-9-16(28)21(29-10-14)23-22-17(30-25-35(22)32-15(2)39-25)7-8-34(23)20(36)11-38-18-5-6-19(31-24(18)27)33-12-26(3,13-33)37-4/h5-6,9-10,23H,7-8,11-13H2,1-4H3/t23-/m0/s1. The highest BCUT2D eigenvalue weighted by atomic mass is 35.5. The van der Waals surface area contributed by atoms with Crippen molar-refractivity contribution in [1.82, 2.24) is 29.5 Å². The molecule has 6 heterocycles. The number of anilines is 1. The molecule has 1 atom stereocenters. The minimum Gasteiger partial charge on any atom is -0.481 e. The van der Waals surface area contributed by atoms with Gasteiger partial charge < -0.3 is 19.3 Å². The second-order valence-corrected chi connectivity index (χ2v) is 11.7. The van der Waals surface area contributed by atoms with Crippen molar-refractivity contribution in [2.75, 3.05) is 38.3 Å². The van der Waals surface area contributed by atoms with Crippen molar-refractivity contribution in [2.24, 2.45) is 0 Å². The van der Waals surface area contributed by atoms with Crippen LogP contribution in [0.15, 0.2) is 24.4 Å². The van der Waals surface area contributed by atoms with Gasteiger partial charge in [0.1, 0.15) is 28.4 Å². The van der Waals surface area contributed by atoms with Gasteiger partial charge in [-0.3, -0.25) is 9.78 Å². The molecule has 1 saturated heterocycles. The topological polar surface area (TPSA) is 98.0 Å². The summed E-state index contributed by atoms with van der Waals surface area (Å²) in [4.78, 5) is 31.4. The summed E-state index contributed by atoms with van der Waals surface area (Å²) in [5.41, 5.74) is 2.05. The Hall–Kier alpha value is -3.35. The van der Waals surface area contributed by atoms with Gasteiger partial charge in [0.15, 0.2) is 17.5 Å². The van der Waals surface area contributed by atoms with Crippen molar-refractivity contribution in [3.05, 3.63) is 63.0 Å². The van der Waals surface area contributed by atoms with Crippen LogP contribution in [0.3, 0.4) is 0 Å². The smallest absolute Gasteiger partial charge is 0.261 e. The third kappa shape index (κ3) is 4.60. The lowest BCUT2D eigenvalue weighted by atomic mass is 9.96. The first kappa shape index (κ1) is 25.9. The molecule has 1 amide bonds. The Bertz CT molecular complexity index is 1590. The summed E-state index contributed by atoms with van der Waals surface area (Å²) in [5, 5.41) is 5.55. The van der Waals surface area contributed by atoms with E-state index in [4.69, 9.17) is 26.1 Å². The van der Waals surface area contributed by atoms with Gasteiger partial charge >= 0.3 is 0 Å². The molecule has 2 aliphatic heterocycles. The van der Waals surface area contributed by atoms with Gasteiger partial charge in [-0.1, -0.05) is 22.9 Å². The Labute approximate surface area is 233 Å². The van der Waals surface area contributed by atoms with Crippen LogP contribution in [0.4, 0.5) is 10.2 Å². The number of ether oxygens (including phenoxy) is 2. The molecule has 0 aromatic carbocycles. The minimum atomic E-state index is -0.806. The van der Waals surface area contributed by atoms with Gasteiger partial charge in [0.05, 0.1) is 17.0 Å². The number of fused-ring (bicyclic) bond motifs is 3. The molecule has 13 heteroatoms. The predicted molar refractivity (Wildman–Crippen MR) is 144 cm³/mol. The summed E-state index contributed by atoms with van der Waals surface area (Å²) in [7, 11) is 1.69. The summed E-state index contributed by atoms with van der Waals surface area (Å²) >= 11 is 7.86. The van der Waals surface area contributed by atoms with Crippen LogP contribution in [-0.2, 0) is 16.0 Å². The van der Waals surface area contributed by atoms with E-state index >= 15 is 4.39 Å². The highest BCUT2D eigenvalue weighted by Crippen LogP contribution is 2.37. The largest absolute Gasteiger partial charge is 0.481 e. The SMILES string of the molecule is COC1(C)CN(c2ccc(OCC(=O)N3CCc4nc5sc(C)nn5c4[C@@H]3c3ncc(C)cc3F)c(Cl)n2)C1. The molecule has 204 valence electrons. The number of amides is 1. The van der Waals surface area contributed by atoms with Crippen molar-refractivity contribution in [1.29, 1.82) is 0 Å². The monoisotopic (exact) mass is 571 g/mol. The van der Waals surface area contributed by atoms with E-state index in [9.17, 15) is 4.79 Å². The van der Waals surface area contributed by atoms with Crippen molar-refractivity contribution in [3.8, 4) is 5.75 Å². The lowest BCUT2D eigenvalue weighted by molar-refractivity contribution is -0.135. The average Bonchev–Trinajstić information content (AvgIpc) is 3.41. The molecule has 0 radical (unpaired) electrons. The number of carbonyl (C=O) groups is 1. The van der Waals surface area contributed by atoms with Crippen LogP contribution in [0.1, 0.15) is 40.6 Å². The van der Waals surface area contributed by atoms with E-state index in [0.717, 1.165) is 10.7 Å². The van der Waals surface area contributed by atoms with Gasteiger partial charge in [-0.15, -0.1) is 0 Å². The van der Waals surface area contributed by atoms with Crippen LogP contribution < -0.4 is 9.64 Å². The molecule has 10 nitrogen and oxygen atoms in total. The van der Waals surface area contributed by atoms with E-state index in [0.29, 0.717) is 53.8 Å². The number of rotatable bonds is 6. The number of nitrogens with zero attached hydrogens (tertiary/aromatic N) is 7. The Balaban J connectivity index is 1.25. The molecule has 0 bridgehead atoms. The fourth-order valence-corrected chi connectivity index (χ4v) is 6.10. The normalized spacial score (nSPS) is 18.3. The van der Waals surface area contributed by atoms with Crippen molar-refractivity contribution < 1.29 is 18.7 Å². The molecule has 1 fully saturated rings. The number of aromatic nitrogens is 5. The minimum absolute atomic E-state index is 0.143. The van der Waals surface area contributed by atoms with Crippen LogP contribution in [0.2, 0.25) is 5.15 Å². The summed E-state index contributed by atoms with van der Waals surface area (Å²) in [5.74, 6) is 0.167. The van der Waals surface area contributed by atoms with Gasteiger partial charge in [0.2, 0.25) is 4.96 Å². The molecule has 6 rings (SSSR count). The molecule has 39 heavy (non-hydrogen) atoms. The first-order valence-electron chi connectivity index (χ1n) is 12.5. The third-order valence-electron chi connectivity index (χ3n) is 7.18. The van der Waals surface area contributed by atoms with E-state index in [1.165, 1.54) is 17.4 Å². The maximum absolute atomic E-state index is 15.3. The average molecular weight is 572 g/mol. The zero-order valence-electron chi connectivity index (χ0n) is 21.9. The summed E-state index contributed by atoms with van der Waals surface area (Å²) in [6.45, 7) is 7.12. The van der Waals surface area contributed by atoms with Gasteiger partial charge in [-0.2, -0.15) is 5.10 Å².